The van der Waals surface area contributed by atoms with E-state index in [0.717, 1.165) is 0 Å². The summed E-state index contributed by atoms with van der Waals surface area (Å²) >= 11 is 0. The molecule has 0 bridgehead atoms. The second-order valence-corrected chi connectivity index (χ2v) is 4.74. The van der Waals surface area contributed by atoms with Gasteiger partial charge in [0.2, 0.25) is 5.90 Å². The van der Waals surface area contributed by atoms with Gasteiger partial charge in [0.05, 0.1) is 11.1 Å². The van der Waals surface area contributed by atoms with Gasteiger partial charge in [-0.3, -0.25) is 0 Å². The lowest BCUT2D eigenvalue weighted by atomic mass is 10.1. The van der Waals surface area contributed by atoms with Gasteiger partial charge in [-0.2, -0.15) is 0 Å². The van der Waals surface area contributed by atoms with E-state index in [1.807, 2.05) is 0 Å². The van der Waals surface area contributed by atoms with Crippen LogP contribution in [0.1, 0.15) is 21.5 Å². The Morgan fingerprint density at radius 2 is 1.83 bits per heavy atom. The van der Waals surface area contributed by atoms with Crippen molar-refractivity contribution in [3.63, 3.8) is 0 Å². The van der Waals surface area contributed by atoms with Crippen LogP contribution < -0.4 is 0 Å². The minimum atomic E-state index is -1.04. The third kappa shape index (κ3) is 3.01. The molecule has 0 saturated heterocycles. The second kappa shape index (κ2) is 5.84. The highest BCUT2D eigenvalue weighted by atomic mass is 19.1. The van der Waals surface area contributed by atoms with Gasteiger partial charge in [-0.15, -0.1) is 0 Å². The van der Waals surface area contributed by atoms with Gasteiger partial charge in [0, 0.05) is 0 Å². The van der Waals surface area contributed by atoms with Crippen molar-refractivity contribution < 1.29 is 23.8 Å². The zero-order valence-corrected chi connectivity index (χ0v) is 11.7. The zero-order chi connectivity index (χ0) is 16.4. The third-order valence-electron chi connectivity index (χ3n) is 3.19. The first-order chi connectivity index (χ1) is 11.0. The van der Waals surface area contributed by atoms with Gasteiger partial charge < -0.3 is 9.84 Å². The number of cyclic esters (lactones) is 1. The molecule has 5 nitrogen and oxygen atoms in total. The summed E-state index contributed by atoms with van der Waals surface area (Å²) in [7, 11) is 0. The van der Waals surface area contributed by atoms with Crippen molar-refractivity contribution in [2.24, 2.45) is 4.99 Å². The van der Waals surface area contributed by atoms with Gasteiger partial charge >= 0.3 is 11.9 Å². The fraction of sp³-hybridized carbons (Fsp3) is 0. The number of rotatable bonds is 3. The van der Waals surface area contributed by atoms with Crippen molar-refractivity contribution in [2.75, 3.05) is 0 Å². The molecule has 0 fully saturated rings. The maximum Gasteiger partial charge on any atom is 0.363 e. The van der Waals surface area contributed by atoms with Crippen LogP contribution in [0, 0.1) is 5.82 Å². The number of aromatic carboxylic acids is 1. The molecule has 3 rings (SSSR count). The van der Waals surface area contributed by atoms with E-state index in [-0.39, 0.29) is 22.7 Å². The zero-order valence-electron chi connectivity index (χ0n) is 11.7. The Labute approximate surface area is 130 Å². The molecule has 1 heterocycles. The number of hydrogen-bond donors (Lipinski definition) is 1. The van der Waals surface area contributed by atoms with Crippen LogP contribution in [-0.2, 0) is 9.53 Å². The topological polar surface area (TPSA) is 76.0 Å². The molecule has 2 aromatic carbocycles. The van der Waals surface area contributed by atoms with Crippen molar-refractivity contribution in [3.05, 3.63) is 76.7 Å². The first-order valence-electron chi connectivity index (χ1n) is 6.65. The van der Waals surface area contributed by atoms with Crippen LogP contribution in [0.3, 0.4) is 0 Å². The quantitative estimate of drug-likeness (QED) is 0.698. The molecular weight excluding hydrogens is 301 g/mol. The van der Waals surface area contributed by atoms with E-state index in [2.05, 4.69) is 4.99 Å². The number of carboxylic acid groups (broad SMARTS) is 1. The van der Waals surface area contributed by atoms with E-state index in [4.69, 9.17) is 9.84 Å². The monoisotopic (exact) mass is 311 g/mol. The minimum Gasteiger partial charge on any atom is -0.478 e. The minimum absolute atomic E-state index is 0.0197. The van der Waals surface area contributed by atoms with Crippen LogP contribution in [0.25, 0.3) is 6.08 Å². The molecule has 0 spiro atoms. The molecular formula is C17H10FNO4. The van der Waals surface area contributed by atoms with E-state index in [9.17, 15) is 14.0 Å². The summed E-state index contributed by atoms with van der Waals surface area (Å²) in [6.45, 7) is 0. The number of carbonyl (C=O) groups excluding carboxylic acids is 1. The molecule has 1 aliphatic heterocycles. The first-order valence-corrected chi connectivity index (χ1v) is 6.65. The highest BCUT2D eigenvalue weighted by molar-refractivity contribution is 6.12. The molecule has 0 atom stereocenters. The maximum absolute atomic E-state index is 13.7. The van der Waals surface area contributed by atoms with Crippen molar-refractivity contribution in [1.29, 1.82) is 0 Å². The van der Waals surface area contributed by atoms with Gasteiger partial charge in [-0.1, -0.05) is 24.3 Å². The van der Waals surface area contributed by atoms with Gasteiger partial charge in [-0.25, -0.2) is 19.0 Å². The average molecular weight is 311 g/mol. The van der Waals surface area contributed by atoms with Gasteiger partial charge in [0.15, 0.2) is 5.70 Å². The number of carbonyl (C=O) groups is 2. The molecule has 0 radical (unpaired) electrons. The predicted molar refractivity (Wildman–Crippen MR) is 80.4 cm³/mol. The Morgan fingerprint density at radius 3 is 2.48 bits per heavy atom. The average Bonchev–Trinajstić information content (AvgIpc) is 2.89. The summed E-state index contributed by atoms with van der Waals surface area (Å²) in [5.74, 6) is -2.36. The lowest BCUT2D eigenvalue weighted by molar-refractivity contribution is -0.129. The summed E-state index contributed by atoms with van der Waals surface area (Å²) in [4.78, 5) is 26.6. The van der Waals surface area contributed by atoms with Crippen LogP contribution >= 0.6 is 0 Å². The van der Waals surface area contributed by atoms with Crippen LogP contribution in [0.4, 0.5) is 4.39 Å². The number of aliphatic imine (C=N–C) groups is 1. The fourth-order valence-electron chi connectivity index (χ4n) is 2.04. The van der Waals surface area contributed by atoms with E-state index < -0.39 is 17.8 Å². The molecule has 1 aliphatic rings. The summed E-state index contributed by atoms with van der Waals surface area (Å²) in [5.41, 5.74) is 0.842. The van der Waals surface area contributed by atoms with E-state index >= 15 is 0 Å². The van der Waals surface area contributed by atoms with Crippen LogP contribution in [0.15, 0.2) is 59.2 Å². The summed E-state index contributed by atoms with van der Waals surface area (Å²) in [6, 6.07) is 11.8. The normalized spacial score (nSPS) is 15.4. The highest BCUT2D eigenvalue weighted by Crippen LogP contribution is 2.20. The number of esters is 1. The number of ether oxygens (including phenoxy) is 1. The first kappa shape index (κ1) is 14.6. The predicted octanol–water partition coefficient (Wildman–Crippen LogP) is 2.87. The molecule has 6 heteroatoms. The molecule has 0 saturated carbocycles. The second-order valence-electron chi connectivity index (χ2n) is 4.74. The lowest BCUT2D eigenvalue weighted by Crippen LogP contribution is -2.07. The third-order valence-corrected chi connectivity index (χ3v) is 3.19. The van der Waals surface area contributed by atoms with E-state index in [0.29, 0.717) is 5.56 Å². The lowest BCUT2D eigenvalue weighted by Gasteiger charge is -1.99. The Hall–Kier alpha value is -3.28. The summed E-state index contributed by atoms with van der Waals surface area (Å²) in [5, 5.41) is 8.84. The summed E-state index contributed by atoms with van der Waals surface area (Å²) < 4.78 is 18.7. The molecule has 1 N–H and O–H groups in total. The van der Waals surface area contributed by atoms with Gasteiger partial charge in [0.25, 0.3) is 0 Å². The molecule has 2 aromatic rings. The number of carboxylic acids is 1. The van der Waals surface area contributed by atoms with Crippen LogP contribution in [-0.4, -0.2) is 22.9 Å². The van der Waals surface area contributed by atoms with Crippen molar-refractivity contribution >= 4 is 23.9 Å². The molecule has 23 heavy (non-hydrogen) atoms. The summed E-state index contributed by atoms with van der Waals surface area (Å²) in [6.07, 6.45) is 1.45. The van der Waals surface area contributed by atoms with Crippen LogP contribution in [0.2, 0.25) is 0 Å². The molecule has 0 aromatic heterocycles. The number of nitrogens with zero attached hydrogens (tertiary/aromatic N) is 1. The SMILES string of the molecule is O=C1OC(c2ccccc2F)=N/C1=C/c1ccc(C(=O)O)cc1. The highest BCUT2D eigenvalue weighted by Gasteiger charge is 2.25. The molecule has 0 unspecified atom stereocenters. The van der Waals surface area contributed by atoms with Crippen molar-refractivity contribution in [1.82, 2.24) is 0 Å². The van der Waals surface area contributed by atoms with Crippen LogP contribution in [0.5, 0.6) is 0 Å². The molecule has 0 aliphatic carbocycles. The van der Waals surface area contributed by atoms with Gasteiger partial charge in [0.1, 0.15) is 5.82 Å². The number of hydrogen-bond acceptors (Lipinski definition) is 4. The Bertz CT molecular complexity index is 853. The van der Waals surface area contributed by atoms with E-state index in [1.165, 1.54) is 36.4 Å². The largest absolute Gasteiger partial charge is 0.478 e. The molecule has 114 valence electrons. The van der Waals surface area contributed by atoms with E-state index in [1.54, 1.807) is 18.2 Å². The standard InChI is InChI=1S/C17H10FNO4/c18-13-4-2-1-3-12(13)15-19-14(17(22)23-15)9-10-5-7-11(8-6-10)16(20)21/h1-9H,(H,20,21)/b14-9+. The Balaban J connectivity index is 1.92. The van der Waals surface area contributed by atoms with Crippen molar-refractivity contribution in [3.8, 4) is 0 Å². The number of halogens is 1. The Morgan fingerprint density at radius 1 is 1.13 bits per heavy atom. The molecule has 0 amide bonds. The number of benzene rings is 2. The fourth-order valence-corrected chi connectivity index (χ4v) is 2.04. The maximum atomic E-state index is 13.7. The van der Waals surface area contributed by atoms with Gasteiger partial charge in [-0.05, 0) is 35.9 Å². The van der Waals surface area contributed by atoms with Crippen molar-refractivity contribution in [2.45, 2.75) is 0 Å². The smallest absolute Gasteiger partial charge is 0.363 e. The Kier molecular flexibility index (Phi) is 3.72.